The van der Waals surface area contributed by atoms with Crippen LogP contribution in [0, 0.1) is 0 Å². The van der Waals surface area contributed by atoms with E-state index < -0.39 is 9.84 Å². The maximum Gasteiger partial charge on any atom is 0.153 e. The van der Waals surface area contributed by atoms with E-state index in [1.54, 1.807) is 7.11 Å². The highest BCUT2D eigenvalue weighted by atomic mass is 32.2. The Balaban J connectivity index is 1.77. The number of hydrogen-bond acceptors (Lipinski definition) is 5. The van der Waals surface area contributed by atoms with Crippen LogP contribution < -0.4 is 4.74 Å². The fourth-order valence-corrected chi connectivity index (χ4v) is 5.91. The van der Waals surface area contributed by atoms with E-state index >= 15 is 0 Å². The van der Waals surface area contributed by atoms with Crippen LogP contribution in [0.3, 0.4) is 0 Å². The molecule has 1 aromatic rings. The average Bonchev–Trinajstić information content (AvgIpc) is 2.86. The van der Waals surface area contributed by atoms with Crippen LogP contribution in [-0.2, 0) is 16.4 Å². The molecule has 128 valence electrons. The second-order valence-electron chi connectivity index (χ2n) is 6.57. The molecule has 0 spiro atoms. The standard InChI is InChI=1S/C17H26N2O3S/c1-3-7-18-8-9-19(17-13-23(20,21)12-16(17)18)11-14-5-4-6-15(10-14)22-2/h4-6,10,16-17H,3,7-9,11-13H2,1-2H3/t16-,17+/m0/s1. The third-order valence-corrected chi connectivity index (χ3v) is 6.64. The Morgan fingerprint density at radius 2 is 1.87 bits per heavy atom. The molecule has 0 unspecified atom stereocenters. The van der Waals surface area contributed by atoms with Crippen molar-refractivity contribution in [1.29, 1.82) is 0 Å². The Hall–Kier alpha value is -1.11. The largest absolute Gasteiger partial charge is 0.497 e. The van der Waals surface area contributed by atoms with Crippen LogP contribution in [0.25, 0.3) is 0 Å². The third-order valence-electron chi connectivity index (χ3n) is 4.94. The molecule has 1 aromatic carbocycles. The minimum atomic E-state index is -2.93. The van der Waals surface area contributed by atoms with E-state index in [1.807, 2.05) is 18.2 Å². The van der Waals surface area contributed by atoms with E-state index in [9.17, 15) is 8.42 Å². The first-order chi connectivity index (χ1) is 11.0. The van der Waals surface area contributed by atoms with E-state index in [0.717, 1.165) is 38.3 Å². The van der Waals surface area contributed by atoms with Crippen molar-refractivity contribution in [2.45, 2.75) is 32.0 Å². The summed E-state index contributed by atoms with van der Waals surface area (Å²) in [6, 6.07) is 8.32. The Labute approximate surface area is 139 Å². The van der Waals surface area contributed by atoms with Crippen molar-refractivity contribution in [1.82, 2.24) is 9.80 Å². The van der Waals surface area contributed by atoms with Gasteiger partial charge in [-0.3, -0.25) is 9.80 Å². The number of benzene rings is 1. The zero-order valence-corrected chi connectivity index (χ0v) is 14.8. The van der Waals surface area contributed by atoms with Gasteiger partial charge in [0.2, 0.25) is 0 Å². The first-order valence-electron chi connectivity index (χ1n) is 8.34. The molecule has 0 saturated carbocycles. The van der Waals surface area contributed by atoms with E-state index in [1.165, 1.54) is 5.56 Å². The van der Waals surface area contributed by atoms with Gasteiger partial charge in [0.15, 0.2) is 9.84 Å². The van der Waals surface area contributed by atoms with Crippen LogP contribution >= 0.6 is 0 Å². The molecule has 5 nitrogen and oxygen atoms in total. The van der Waals surface area contributed by atoms with Gasteiger partial charge in [0.05, 0.1) is 18.6 Å². The molecule has 0 aliphatic carbocycles. The van der Waals surface area contributed by atoms with Gasteiger partial charge in [-0.2, -0.15) is 0 Å². The van der Waals surface area contributed by atoms with Gasteiger partial charge in [0.1, 0.15) is 5.75 Å². The molecule has 2 aliphatic rings. The second-order valence-corrected chi connectivity index (χ2v) is 8.72. The average molecular weight is 338 g/mol. The third kappa shape index (κ3) is 3.70. The molecular formula is C17H26N2O3S. The quantitative estimate of drug-likeness (QED) is 0.812. The molecule has 2 fully saturated rings. The lowest BCUT2D eigenvalue weighted by Crippen LogP contribution is -2.58. The summed E-state index contributed by atoms with van der Waals surface area (Å²) in [6.07, 6.45) is 1.07. The molecule has 3 rings (SSSR count). The predicted octanol–water partition coefficient (Wildman–Crippen LogP) is 1.39. The summed E-state index contributed by atoms with van der Waals surface area (Å²) in [5.74, 6) is 1.46. The molecular weight excluding hydrogens is 312 g/mol. The van der Waals surface area contributed by atoms with Crippen molar-refractivity contribution in [3.8, 4) is 5.75 Å². The first kappa shape index (κ1) is 16.7. The fraction of sp³-hybridized carbons (Fsp3) is 0.647. The normalized spacial score (nSPS) is 27.7. The Morgan fingerprint density at radius 3 is 2.57 bits per heavy atom. The fourth-order valence-electron chi connectivity index (χ4n) is 3.86. The summed E-state index contributed by atoms with van der Waals surface area (Å²) in [6.45, 7) is 5.81. The number of hydrogen-bond donors (Lipinski definition) is 0. The van der Waals surface area contributed by atoms with E-state index in [4.69, 9.17) is 4.74 Å². The Bertz CT molecular complexity index is 647. The van der Waals surface area contributed by atoms with Crippen LogP contribution in [0.5, 0.6) is 5.75 Å². The van der Waals surface area contributed by atoms with Gasteiger partial charge in [0, 0.05) is 31.7 Å². The topological polar surface area (TPSA) is 49.9 Å². The van der Waals surface area contributed by atoms with E-state index in [-0.39, 0.29) is 12.1 Å². The molecule has 0 N–H and O–H groups in total. The molecule has 2 heterocycles. The number of sulfone groups is 1. The summed E-state index contributed by atoms with van der Waals surface area (Å²) in [7, 11) is -1.26. The number of piperazine rings is 1. The van der Waals surface area contributed by atoms with Crippen molar-refractivity contribution in [3.05, 3.63) is 29.8 Å². The van der Waals surface area contributed by atoms with Crippen molar-refractivity contribution in [3.63, 3.8) is 0 Å². The van der Waals surface area contributed by atoms with Gasteiger partial charge in [-0.05, 0) is 30.7 Å². The molecule has 0 amide bonds. The highest BCUT2D eigenvalue weighted by Gasteiger charge is 2.46. The van der Waals surface area contributed by atoms with Crippen LogP contribution in [0.4, 0.5) is 0 Å². The molecule has 23 heavy (non-hydrogen) atoms. The van der Waals surface area contributed by atoms with Crippen LogP contribution in [0.2, 0.25) is 0 Å². The zero-order chi connectivity index (χ0) is 16.4. The monoisotopic (exact) mass is 338 g/mol. The lowest BCUT2D eigenvalue weighted by atomic mass is 10.0. The number of fused-ring (bicyclic) bond motifs is 1. The molecule has 2 atom stereocenters. The van der Waals surface area contributed by atoms with E-state index in [2.05, 4.69) is 22.8 Å². The lowest BCUT2D eigenvalue weighted by molar-refractivity contribution is 0.0405. The lowest BCUT2D eigenvalue weighted by Gasteiger charge is -2.44. The number of rotatable bonds is 5. The minimum Gasteiger partial charge on any atom is -0.497 e. The van der Waals surface area contributed by atoms with E-state index in [0.29, 0.717) is 11.5 Å². The van der Waals surface area contributed by atoms with Crippen LogP contribution in [0.1, 0.15) is 18.9 Å². The highest BCUT2D eigenvalue weighted by Crippen LogP contribution is 2.28. The maximum absolute atomic E-state index is 12.2. The van der Waals surface area contributed by atoms with Gasteiger partial charge >= 0.3 is 0 Å². The number of methoxy groups -OCH3 is 1. The molecule has 2 saturated heterocycles. The zero-order valence-electron chi connectivity index (χ0n) is 13.9. The minimum absolute atomic E-state index is 0.117. The maximum atomic E-state index is 12.2. The van der Waals surface area contributed by atoms with Crippen molar-refractivity contribution >= 4 is 9.84 Å². The smallest absolute Gasteiger partial charge is 0.153 e. The van der Waals surface area contributed by atoms with Crippen molar-refractivity contribution in [2.24, 2.45) is 0 Å². The van der Waals surface area contributed by atoms with Gasteiger partial charge < -0.3 is 4.74 Å². The number of ether oxygens (including phenoxy) is 1. The predicted molar refractivity (Wildman–Crippen MR) is 91.5 cm³/mol. The SMILES string of the molecule is CCCN1CCN(Cc2cccc(OC)c2)[C@@H]2CS(=O)(=O)C[C@@H]21. The summed E-state index contributed by atoms with van der Waals surface area (Å²) in [4.78, 5) is 4.72. The van der Waals surface area contributed by atoms with Gasteiger partial charge in [-0.1, -0.05) is 19.1 Å². The van der Waals surface area contributed by atoms with Crippen LogP contribution in [0.15, 0.2) is 24.3 Å². The summed E-state index contributed by atoms with van der Waals surface area (Å²) in [5, 5.41) is 0. The summed E-state index contributed by atoms with van der Waals surface area (Å²) in [5.41, 5.74) is 1.18. The van der Waals surface area contributed by atoms with Crippen molar-refractivity contribution in [2.75, 3.05) is 38.2 Å². The van der Waals surface area contributed by atoms with Gasteiger partial charge in [-0.25, -0.2) is 8.42 Å². The summed E-state index contributed by atoms with van der Waals surface area (Å²) >= 11 is 0. The summed E-state index contributed by atoms with van der Waals surface area (Å²) < 4.78 is 29.6. The van der Waals surface area contributed by atoms with Gasteiger partial charge in [0.25, 0.3) is 0 Å². The molecule has 0 radical (unpaired) electrons. The molecule has 2 aliphatic heterocycles. The first-order valence-corrected chi connectivity index (χ1v) is 10.2. The molecule has 6 heteroatoms. The van der Waals surface area contributed by atoms with Gasteiger partial charge in [-0.15, -0.1) is 0 Å². The van der Waals surface area contributed by atoms with Crippen LogP contribution in [-0.4, -0.2) is 68.6 Å². The molecule has 0 bridgehead atoms. The Morgan fingerprint density at radius 1 is 1.17 bits per heavy atom. The Kier molecular flexibility index (Phi) is 4.94. The molecule has 0 aromatic heterocycles. The van der Waals surface area contributed by atoms with Crippen molar-refractivity contribution < 1.29 is 13.2 Å². The highest BCUT2D eigenvalue weighted by molar-refractivity contribution is 7.91. The number of nitrogens with zero attached hydrogens (tertiary/aromatic N) is 2. The second kappa shape index (κ2) is 6.79.